The number of carbonyl (C=O) groups excluding carboxylic acids is 2. The molecular formula is C26H29NO4. The Balaban J connectivity index is 1.91. The van der Waals surface area contributed by atoms with Gasteiger partial charge in [0.25, 0.3) is 0 Å². The van der Waals surface area contributed by atoms with E-state index >= 15 is 0 Å². The van der Waals surface area contributed by atoms with E-state index in [2.05, 4.69) is 19.9 Å². The second kappa shape index (κ2) is 7.56. The highest BCUT2D eigenvalue weighted by atomic mass is 16.5. The summed E-state index contributed by atoms with van der Waals surface area (Å²) in [4.78, 5) is 28.7. The average Bonchev–Trinajstić information content (AvgIpc) is 2.65. The van der Waals surface area contributed by atoms with Gasteiger partial charge in [-0.1, -0.05) is 26.0 Å². The molecule has 0 saturated heterocycles. The number of amides is 1. The van der Waals surface area contributed by atoms with E-state index in [1.807, 2.05) is 26.0 Å². The Labute approximate surface area is 183 Å². The first-order chi connectivity index (χ1) is 14.6. The monoisotopic (exact) mass is 419 g/mol. The van der Waals surface area contributed by atoms with Gasteiger partial charge in [0.05, 0.1) is 7.11 Å². The maximum absolute atomic E-state index is 13.5. The SMILES string of the molecule is COc1cc(C2CC(=O)N(c3cc(C)cc(C)c3)C3=C2C(=O)CC(C)(C)C3)ccc1O. The second-order valence-electron chi connectivity index (χ2n) is 9.56. The molecule has 4 rings (SSSR count). The number of phenolic OH excluding ortho intramolecular Hbond substituents is 1. The number of aryl methyl sites for hydroxylation is 2. The first-order valence-electron chi connectivity index (χ1n) is 10.6. The van der Waals surface area contributed by atoms with Crippen LogP contribution >= 0.6 is 0 Å². The van der Waals surface area contributed by atoms with Crippen LogP contribution in [-0.4, -0.2) is 23.9 Å². The van der Waals surface area contributed by atoms with Crippen molar-refractivity contribution in [3.8, 4) is 11.5 Å². The number of hydrogen-bond acceptors (Lipinski definition) is 4. The van der Waals surface area contributed by atoms with Crippen molar-refractivity contribution in [1.29, 1.82) is 0 Å². The van der Waals surface area contributed by atoms with Gasteiger partial charge < -0.3 is 9.84 Å². The Kier molecular flexibility index (Phi) is 5.16. The van der Waals surface area contributed by atoms with Gasteiger partial charge in [-0.15, -0.1) is 0 Å². The molecule has 5 nitrogen and oxygen atoms in total. The number of rotatable bonds is 3. The van der Waals surface area contributed by atoms with Crippen LogP contribution in [0.3, 0.4) is 0 Å². The fourth-order valence-electron chi connectivity index (χ4n) is 4.99. The van der Waals surface area contributed by atoms with Crippen LogP contribution in [-0.2, 0) is 9.59 Å². The molecular weight excluding hydrogens is 390 g/mol. The van der Waals surface area contributed by atoms with Gasteiger partial charge in [0, 0.05) is 35.7 Å². The van der Waals surface area contributed by atoms with Crippen molar-refractivity contribution in [3.05, 3.63) is 64.4 Å². The number of allylic oxidation sites excluding steroid dienone is 2. The molecule has 0 bridgehead atoms. The molecule has 0 aromatic heterocycles. The lowest BCUT2D eigenvalue weighted by atomic mass is 9.69. The Morgan fingerprint density at radius 2 is 1.71 bits per heavy atom. The Hall–Kier alpha value is -3.08. The number of aromatic hydroxyl groups is 1. The number of ketones is 1. The van der Waals surface area contributed by atoms with Crippen LogP contribution in [0.4, 0.5) is 5.69 Å². The molecule has 1 unspecified atom stereocenters. The molecule has 2 aromatic rings. The van der Waals surface area contributed by atoms with E-state index in [4.69, 9.17) is 4.74 Å². The quantitative estimate of drug-likeness (QED) is 0.744. The van der Waals surface area contributed by atoms with Crippen molar-refractivity contribution in [3.63, 3.8) is 0 Å². The number of Topliss-reactive ketones (excluding diaryl/α,β-unsaturated/α-hetero) is 1. The molecule has 0 radical (unpaired) electrons. The molecule has 1 atom stereocenters. The lowest BCUT2D eigenvalue weighted by Gasteiger charge is -2.43. The number of hydrogen-bond donors (Lipinski definition) is 1. The van der Waals surface area contributed by atoms with Gasteiger partial charge in [0.15, 0.2) is 17.3 Å². The molecule has 1 heterocycles. The molecule has 1 aliphatic carbocycles. The molecule has 0 saturated carbocycles. The lowest BCUT2D eigenvalue weighted by Crippen LogP contribution is -2.43. The van der Waals surface area contributed by atoms with E-state index in [9.17, 15) is 14.7 Å². The zero-order valence-corrected chi connectivity index (χ0v) is 18.8. The molecule has 2 aromatic carbocycles. The highest BCUT2D eigenvalue weighted by molar-refractivity contribution is 6.07. The number of carbonyl (C=O) groups is 2. The topological polar surface area (TPSA) is 66.8 Å². The predicted octanol–water partition coefficient (Wildman–Crippen LogP) is 5.18. The van der Waals surface area contributed by atoms with Crippen LogP contribution in [0.2, 0.25) is 0 Å². The predicted molar refractivity (Wildman–Crippen MR) is 120 cm³/mol. The maximum atomic E-state index is 13.5. The van der Waals surface area contributed by atoms with Gasteiger partial charge in [-0.2, -0.15) is 0 Å². The summed E-state index contributed by atoms with van der Waals surface area (Å²) in [5.74, 6) is 0.0993. The number of phenols is 1. The van der Waals surface area contributed by atoms with Gasteiger partial charge in [0.2, 0.25) is 5.91 Å². The molecule has 162 valence electrons. The minimum atomic E-state index is -0.345. The van der Waals surface area contributed by atoms with Crippen molar-refractivity contribution in [1.82, 2.24) is 0 Å². The fraction of sp³-hybridized carbons (Fsp3) is 0.385. The third kappa shape index (κ3) is 3.85. The summed E-state index contributed by atoms with van der Waals surface area (Å²) in [5.41, 5.74) is 5.09. The van der Waals surface area contributed by atoms with Crippen molar-refractivity contribution in [2.24, 2.45) is 5.41 Å². The van der Waals surface area contributed by atoms with Gasteiger partial charge in [-0.25, -0.2) is 0 Å². The average molecular weight is 420 g/mol. The summed E-state index contributed by atoms with van der Waals surface area (Å²) in [6.07, 6.45) is 1.30. The highest BCUT2D eigenvalue weighted by Crippen LogP contribution is 2.49. The Morgan fingerprint density at radius 1 is 1.03 bits per heavy atom. The zero-order valence-electron chi connectivity index (χ0n) is 18.8. The number of ether oxygens (including phenoxy) is 1. The number of anilines is 1. The Morgan fingerprint density at radius 3 is 2.35 bits per heavy atom. The molecule has 0 fully saturated rings. The summed E-state index contributed by atoms with van der Waals surface area (Å²) >= 11 is 0. The van der Waals surface area contributed by atoms with Crippen LogP contribution in [0.25, 0.3) is 0 Å². The van der Waals surface area contributed by atoms with Crippen LogP contribution in [0.5, 0.6) is 11.5 Å². The molecule has 1 amide bonds. The maximum Gasteiger partial charge on any atom is 0.232 e. The fourth-order valence-corrected chi connectivity index (χ4v) is 4.99. The van der Waals surface area contributed by atoms with Gasteiger partial charge in [0.1, 0.15) is 0 Å². The minimum Gasteiger partial charge on any atom is -0.504 e. The number of methoxy groups -OCH3 is 1. The number of nitrogens with zero attached hydrogens (tertiary/aromatic N) is 1. The molecule has 2 aliphatic rings. The van der Waals surface area contributed by atoms with Gasteiger partial charge in [-0.05, 0) is 66.6 Å². The van der Waals surface area contributed by atoms with Crippen LogP contribution in [0, 0.1) is 19.3 Å². The smallest absolute Gasteiger partial charge is 0.232 e. The first-order valence-corrected chi connectivity index (χ1v) is 10.6. The van der Waals surface area contributed by atoms with Crippen molar-refractivity contribution in [2.75, 3.05) is 12.0 Å². The third-order valence-electron chi connectivity index (χ3n) is 6.21. The number of benzene rings is 2. The summed E-state index contributed by atoms with van der Waals surface area (Å²) in [6, 6.07) is 11.2. The van der Waals surface area contributed by atoms with E-state index in [0.29, 0.717) is 24.2 Å². The van der Waals surface area contributed by atoms with Gasteiger partial charge in [-0.3, -0.25) is 14.5 Å². The van der Waals surface area contributed by atoms with Crippen molar-refractivity contribution >= 4 is 17.4 Å². The lowest BCUT2D eigenvalue weighted by molar-refractivity contribution is -0.121. The van der Waals surface area contributed by atoms with E-state index in [0.717, 1.165) is 28.1 Å². The van der Waals surface area contributed by atoms with Crippen LogP contribution in [0.15, 0.2) is 47.7 Å². The zero-order chi connectivity index (χ0) is 22.5. The molecule has 0 spiro atoms. The standard InChI is InChI=1S/C26H29NO4/c1-15-8-16(2)10-18(9-15)27-20-13-26(3,4)14-22(29)25(20)19(12-24(27)30)17-6-7-21(28)23(11-17)31-5/h6-11,19,28H,12-14H2,1-5H3. The summed E-state index contributed by atoms with van der Waals surface area (Å²) < 4.78 is 5.27. The molecule has 1 aliphatic heterocycles. The minimum absolute atomic E-state index is 0.0220. The summed E-state index contributed by atoms with van der Waals surface area (Å²) in [5, 5.41) is 10.0. The normalized spacial score (nSPS) is 20.7. The van der Waals surface area contributed by atoms with E-state index in [1.54, 1.807) is 23.1 Å². The van der Waals surface area contributed by atoms with Crippen LogP contribution < -0.4 is 9.64 Å². The Bertz CT molecular complexity index is 1090. The summed E-state index contributed by atoms with van der Waals surface area (Å²) in [6.45, 7) is 8.18. The van der Waals surface area contributed by atoms with E-state index in [-0.39, 0.29) is 35.2 Å². The largest absolute Gasteiger partial charge is 0.504 e. The van der Waals surface area contributed by atoms with Crippen molar-refractivity contribution < 1.29 is 19.4 Å². The summed E-state index contributed by atoms with van der Waals surface area (Å²) in [7, 11) is 1.49. The first kappa shape index (κ1) is 21.2. The third-order valence-corrected chi connectivity index (χ3v) is 6.21. The molecule has 1 N–H and O–H groups in total. The van der Waals surface area contributed by atoms with Crippen LogP contribution in [0.1, 0.15) is 55.7 Å². The van der Waals surface area contributed by atoms with Crippen molar-refractivity contribution in [2.45, 2.75) is 52.9 Å². The molecule has 5 heteroatoms. The van der Waals surface area contributed by atoms with E-state index < -0.39 is 0 Å². The van der Waals surface area contributed by atoms with Gasteiger partial charge >= 0.3 is 0 Å². The van der Waals surface area contributed by atoms with E-state index in [1.165, 1.54) is 7.11 Å². The second-order valence-corrected chi connectivity index (χ2v) is 9.56. The molecule has 31 heavy (non-hydrogen) atoms. The highest BCUT2D eigenvalue weighted by Gasteiger charge is 2.44.